The maximum absolute atomic E-state index is 14.0. The van der Waals surface area contributed by atoms with Crippen LogP contribution < -0.4 is 10.2 Å². The highest BCUT2D eigenvalue weighted by atomic mass is 19.1. The van der Waals surface area contributed by atoms with Gasteiger partial charge in [-0.3, -0.25) is 0 Å². The Labute approximate surface area is 112 Å². The summed E-state index contributed by atoms with van der Waals surface area (Å²) < 4.78 is 14.0. The zero-order valence-electron chi connectivity index (χ0n) is 10.8. The average molecular weight is 256 g/mol. The van der Waals surface area contributed by atoms with Gasteiger partial charge >= 0.3 is 0 Å². The molecule has 1 aliphatic rings. The lowest BCUT2D eigenvalue weighted by molar-refractivity contribution is 0.621. The number of nitrogens with zero attached hydrogens (tertiary/aromatic N) is 1. The van der Waals surface area contributed by atoms with Crippen LogP contribution in [0.2, 0.25) is 0 Å². The molecule has 1 N–H and O–H groups in total. The molecule has 0 amide bonds. The number of para-hydroxylation sites is 3. The van der Waals surface area contributed by atoms with E-state index in [1.54, 1.807) is 6.07 Å². The lowest BCUT2D eigenvalue weighted by Gasteiger charge is -2.29. The van der Waals surface area contributed by atoms with Gasteiger partial charge in [0.25, 0.3) is 0 Å². The van der Waals surface area contributed by atoms with Crippen molar-refractivity contribution < 1.29 is 4.39 Å². The Kier molecular flexibility index (Phi) is 3.36. The molecule has 2 nitrogen and oxygen atoms in total. The van der Waals surface area contributed by atoms with Crippen molar-refractivity contribution in [2.24, 2.45) is 0 Å². The Morgan fingerprint density at radius 2 is 1.63 bits per heavy atom. The van der Waals surface area contributed by atoms with Crippen LogP contribution in [-0.2, 0) is 0 Å². The van der Waals surface area contributed by atoms with Crippen molar-refractivity contribution in [3.8, 4) is 0 Å². The van der Waals surface area contributed by atoms with Crippen LogP contribution in [0.5, 0.6) is 0 Å². The smallest absolute Gasteiger partial charge is 0.146 e. The van der Waals surface area contributed by atoms with Crippen molar-refractivity contribution in [3.05, 3.63) is 54.3 Å². The first-order valence-corrected chi connectivity index (χ1v) is 6.71. The van der Waals surface area contributed by atoms with E-state index in [1.807, 2.05) is 30.3 Å². The van der Waals surface area contributed by atoms with Crippen molar-refractivity contribution >= 4 is 17.1 Å². The fourth-order valence-electron chi connectivity index (χ4n) is 2.52. The Morgan fingerprint density at radius 1 is 0.895 bits per heavy atom. The summed E-state index contributed by atoms with van der Waals surface area (Å²) in [6.07, 6.45) is 2.15. The molecule has 0 unspecified atom stereocenters. The maximum Gasteiger partial charge on any atom is 0.146 e. The number of halogens is 1. The van der Waals surface area contributed by atoms with E-state index in [-0.39, 0.29) is 5.82 Å². The minimum absolute atomic E-state index is 0.169. The van der Waals surface area contributed by atoms with E-state index >= 15 is 0 Å². The highest BCUT2D eigenvalue weighted by molar-refractivity contribution is 5.76. The summed E-state index contributed by atoms with van der Waals surface area (Å²) in [5, 5.41) is 3.42. The molecule has 0 radical (unpaired) electrons. The molecule has 0 atom stereocenters. The van der Waals surface area contributed by atoms with Crippen LogP contribution in [0, 0.1) is 5.82 Å². The number of rotatable bonds is 1. The van der Waals surface area contributed by atoms with E-state index in [9.17, 15) is 4.39 Å². The Hall–Kier alpha value is -2.03. The van der Waals surface area contributed by atoms with Gasteiger partial charge in [-0.25, -0.2) is 4.39 Å². The summed E-state index contributed by atoms with van der Waals surface area (Å²) in [7, 11) is 0. The number of hydrogen-bond donors (Lipinski definition) is 1. The predicted octanol–water partition coefficient (Wildman–Crippen LogP) is 4.17. The number of hydrogen-bond acceptors (Lipinski definition) is 2. The van der Waals surface area contributed by atoms with E-state index in [1.165, 1.54) is 6.07 Å². The summed E-state index contributed by atoms with van der Waals surface area (Å²) in [4.78, 5) is 2.07. The molecule has 0 bridgehead atoms. The molecular weight excluding hydrogens is 239 g/mol. The van der Waals surface area contributed by atoms with E-state index in [0.717, 1.165) is 37.3 Å². The zero-order valence-corrected chi connectivity index (χ0v) is 10.8. The molecule has 0 aliphatic carbocycles. The SMILES string of the molecule is Fc1ccccc1N1CCCCNc2ccccc21. The lowest BCUT2D eigenvalue weighted by atomic mass is 10.1. The van der Waals surface area contributed by atoms with Crippen LogP contribution in [-0.4, -0.2) is 13.1 Å². The molecule has 1 heterocycles. The molecule has 1 aliphatic heterocycles. The van der Waals surface area contributed by atoms with Crippen molar-refractivity contribution in [1.82, 2.24) is 0 Å². The molecule has 0 aromatic heterocycles. The van der Waals surface area contributed by atoms with E-state index in [2.05, 4.69) is 16.3 Å². The van der Waals surface area contributed by atoms with Gasteiger partial charge in [-0.1, -0.05) is 24.3 Å². The monoisotopic (exact) mass is 256 g/mol. The first kappa shape index (κ1) is 12.0. The molecule has 2 aromatic carbocycles. The van der Waals surface area contributed by atoms with Crippen molar-refractivity contribution in [2.45, 2.75) is 12.8 Å². The van der Waals surface area contributed by atoms with Gasteiger partial charge < -0.3 is 10.2 Å². The second-order valence-electron chi connectivity index (χ2n) is 4.75. The van der Waals surface area contributed by atoms with Crippen molar-refractivity contribution in [1.29, 1.82) is 0 Å². The highest BCUT2D eigenvalue weighted by Crippen LogP contribution is 2.34. The number of fused-ring (bicyclic) bond motifs is 1. The molecule has 3 heteroatoms. The minimum Gasteiger partial charge on any atom is -0.383 e. The fourth-order valence-corrected chi connectivity index (χ4v) is 2.52. The average Bonchev–Trinajstić information content (AvgIpc) is 2.41. The van der Waals surface area contributed by atoms with Crippen LogP contribution in [0.15, 0.2) is 48.5 Å². The van der Waals surface area contributed by atoms with Gasteiger partial charge in [-0.15, -0.1) is 0 Å². The standard InChI is InChI=1S/C16H17FN2/c17-13-7-1-3-9-15(13)19-12-6-5-11-18-14-8-2-4-10-16(14)19/h1-4,7-10,18H,5-6,11-12H2. The van der Waals surface area contributed by atoms with Gasteiger partial charge in [0.2, 0.25) is 0 Å². The third-order valence-electron chi connectivity index (χ3n) is 3.46. The largest absolute Gasteiger partial charge is 0.383 e. The van der Waals surface area contributed by atoms with Gasteiger partial charge in [0.1, 0.15) is 5.82 Å². The Morgan fingerprint density at radius 3 is 2.47 bits per heavy atom. The highest BCUT2D eigenvalue weighted by Gasteiger charge is 2.17. The molecular formula is C16H17FN2. The second-order valence-corrected chi connectivity index (χ2v) is 4.75. The fraction of sp³-hybridized carbons (Fsp3) is 0.250. The molecule has 0 saturated heterocycles. The molecule has 0 saturated carbocycles. The molecule has 0 spiro atoms. The first-order chi connectivity index (χ1) is 9.36. The third kappa shape index (κ3) is 2.41. The molecule has 0 fully saturated rings. The van der Waals surface area contributed by atoms with Crippen LogP contribution in [0.1, 0.15) is 12.8 Å². The normalized spacial score (nSPS) is 15.1. The van der Waals surface area contributed by atoms with E-state index in [4.69, 9.17) is 0 Å². The molecule has 2 aromatic rings. The second kappa shape index (κ2) is 5.31. The van der Waals surface area contributed by atoms with Gasteiger partial charge in [0.15, 0.2) is 0 Å². The topological polar surface area (TPSA) is 15.3 Å². The number of nitrogens with one attached hydrogen (secondary N) is 1. The van der Waals surface area contributed by atoms with Gasteiger partial charge in [0.05, 0.1) is 17.1 Å². The first-order valence-electron chi connectivity index (χ1n) is 6.71. The number of anilines is 3. The molecule has 3 rings (SSSR count). The maximum atomic E-state index is 14.0. The van der Waals surface area contributed by atoms with Crippen LogP contribution in [0.4, 0.5) is 21.5 Å². The molecule has 98 valence electrons. The minimum atomic E-state index is -0.169. The quantitative estimate of drug-likeness (QED) is 0.823. The van der Waals surface area contributed by atoms with Gasteiger partial charge in [-0.05, 0) is 37.1 Å². The van der Waals surface area contributed by atoms with E-state index in [0.29, 0.717) is 5.69 Å². The molecule has 19 heavy (non-hydrogen) atoms. The van der Waals surface area contributed by atoms with Gasteiger partial charge in [0, 0.05) is 13.1 Å². The van der Waals surface area contributed by atoms with Crippen LogP contribution >= 0.6 is 0 Å². The van der Waals surface area contributed by atoms with E-state index < -0.39 is 0 Å². The lowest BCUT2D eigenvalue weighted by Crippen LogP contribution is -2.24. The van der Waals surface area contributed by atoms with Crippen LogP contribution in [0.25, 0.3) is 0 Å². The van der Waals surface area contributed by atoms with Gasteiger partial charge in [-0.2, -0.15) is 0 Å². The zero-order chi connectivity index (χ0) is 13.1. The summed E-state index contributed by atoms with van der Waals surface area (Å²) in [5.74, 6) is -0.169. The summed E-state index contributed by atoms with van der Waals surface area (Å²) in [6, 6.07) is 15.1. The summed E-state index contributed by atoms with van der Waals surface area (Å²) in [6.45, 7) is 1.82. The summed E-state index contributed by atoms with van der Waals surface area (Å²) in [5.41, 5.74) is 2.77. The Bertz CT molecular complexity index is 568. The Balaban J connectivity index is 2.08. The number of benzene rings is 2. The predicted molar refractivity (Wildman–Crippen MR) is 77.6 cm³/mol. The van der Waals surface area contributed by atoms with Crippen LogP contribution in [0.3, 0.4) is 0 Å². The van der Waals surface area contributed by atoms with Crippen molar-refractivity contribution in [3.63, 3.8) is 0 Å². The van der Waals surface area contributed by atoms with Crippen molar-refractivity contribution in [2.75, 3.05) is 23.3 Å². The third-order valence-corrected chi connectivity index (χ3v) is 3.46. The summed E-state index contributed by atoms with van der Waals surface area (Å²) >= 11 is 0.